The van der Waals surface area contributed by atoms with Crippen LogP contribution in [0.3, 0.4) is 0 Å². The normalized spacial score (nSPS) is 15.9. The summed E-state index contributed by atoms with van der Waals surface area (Å²) >= 11 is 0. The molecule has 1 aliphatic heterocycles. The molecule has 4 rings (SSSR count). The molecule has 1 aliphatic rings. The lowest BCUT2D eigenvalue weighted by Crippen LogP contribution is -2.34. The first kappa shape index (κ1) is 20.4. The number of benzene rings is 2. The van der Waals surface area contributed by atoms with Crippen LogP contribution in [-0.4, -0.2) is 48.1 Å². The van der Waals surface area contributed by atoms with Crippen LogP contribution in [0.25, 0.3) is 22.6 Å². The maximum absolute atomic E-state index is 12.4. The van der Waals surface area contributed by atoms with Crippen molar-refractivity contribution >= 4 is 23.1 Å². The zero-order chi connectivity index (χ0) is 22.1. The van der Waals surface area contributed by atoms with E-state index in [1.807, 2.05) is 19.9 Å². The van der Waals surface area contributed by atoms with Gasteiger partial charge in [-0.15, -0.1) is 0 Å². The van der Waals surface area contributed by atoms with Gasteiger partial charge in [0.2, 0.25) is 5.89 Å². The third-order valence-corrected chi connectivity index (χ3v) is 5.21. The van der Waals surface area contributed by atoms with Gasteiger partial charge in [0.05, 0.1) is 24.7 Å². The number of amides is 2. The first-order valence-corrected chi connectivity index (χ1v) is 10.0. The molecular weight excluding hydrogens is 396 g/mol. The van der Waals surface area contributed by atoms with E-state index in [0.717, 1.165) is 11.1 Å². The van der Waals surface area contributed by atoms with Gasteiger partial charge in [0, 0.05) is 23.7 Å². The molecule has 1 unspecified atom stereocenters. The zero-order valence-corrected chi connectivity index (χ0v) is 17.5. The van der Waals surface area contributed by atoms with E-state index < -0.39 is 0 Å². The largest absolute Gasteiger partial charge is 0.442 e. The number of aromatic nitrogens is 1. The Morgan fingerprint density at radius 2 is 2.06 bits per heavy atom. The number of oxazole rings is 1. The van der Waals surface area contributed by atoms with Crippen LogP contribution in [0, 0.1) is 11.3 Å². The number of rotatable bonds is 5. The second kappa shape index (κ2) is 8.11. The minimum atomic E-state index is -0.385. The SMILES string of the molecule is CC(C)c1cc(C#N)cc2nc(-c3ccc(C(=O)NCC4CN(C)C(=O)O4)cc3)oc12. The van der Waals surface area contributed by atoms with E-state index in [-0.39, 0.29) is 30.6 Å². The van der Waals surface area contributed by atoms with Gasteiger partial charge in [-0.3, -0.25) is 4.79 Å². The fourth-order valence-corrected chi connectivity index (χ4v) is 3.50. The van der Waals surface area contributed by atoms with E-state index in [2.05, 4.69) is 16.4 Å². The van der Waals surface area contributed by atoms with E-state index >= 15 is 0 Å². The minimum absolute atomic E-state index is 0.182. The van der Waals surface area contributed by atoms with Gasteiger partial charge in [-0.1, -0.05) is 13.8 Å². The Kier molecular flexibility index (Phi) is 5.34. The first-order chi connectivity index (χ1) is 14.9. The number of nitrogens with one attached hydrogen (secondary N) is 1. The summed E-state index contributed by atoms with van der Waals surface area (Å²) in [4.78, 5) is 29.8. The second-order valence-electron chi connectivity index (χ2n) is 7.87. The van der Waals surface area contributed by atoms with Crippen molar-refractivity contribution in [3.63, 3.8) is 0 Å². The Bertz CT molecular complexity index is 1190. The van der Waals surface area contributed by atoms with Gasteiger partial charge in [0.25, 0.3) is 5.91 Å². The molecule has 8 nitrogen and oxygen atoms in total. The Morgan fingerprint density at radius 3 is 2.68 bits per heavy atom. The molecule has 3 aromatic rings. The Balaban J connectivity index is 1.51. The first-order valence-electron chi connectivity index (χ1n) is 10.0. The standard InChI is InChI=1S/C23H22N4O4/c1-13(2)18-8-14(10-24)9-19-20(18)31-22(26-19)16-6-4-15(5-7-16)21(28)25-11-17-12-27(3)23(29)30-17/h4-9,13,17H,11-12H2,1-3H3,(H,25,28). The zero-order valence-electron chi connectivity index (χ0n) is 17.5. The summed E-state index contributed by atoms with van der Waals surface area (Å²) in [6.45, 7) is 4.77. The molecule has 1 saturated heterocycles. The number of cyclic esters (lactones) is 1. The van der Waals surface area contributed by atoms with E-state index in [0.29, 0.717) is 34.7 Å². The highest BCUT2D eigenvalue weighted by molar-refractivity contribution is 5.94. The molecular formula is C23H22N4O4. The third-order valence-electron chi connectivity index (χ3n) is 5.21. The maximum atomic E-state index is 12.4. The number of nitrogens with zero attached hydrogens (tertiary/aromatic N) is 3. The Labute approximate surface area is 179 Å². The van der Waals surface area contributed by atoms with Crippen LogP contribution in [0.4, 0.5) is 4.79 Å². The van der Waals surface area contributed by atoms with Crippen LogP contribution in [0.15, 0.2) is 40.8 Å². The van der Waals surface area contributed by atoms with Gasteiger partial charge >= 0.3 is 6.09 Å². The summed E-state index contributed by atoms with van der Waals surface area (Å²) in [6.07, 6.45) is -0.738. The van der Waals surface area contributed by atoms with Crippen molar-refractivity contribution in [1.29, 1.82) is 5.26 Å². The van der Waals surface area contributed by atoms with E-state index in [9.17, 15) is 14.9 Å². The van der Waals surface area contributed by atoms with Crippen molar-refractivity contribution in [2.75, 3.05) is 20.1 Å². The van der Waals surface area contributed by atoms with Crippen molar-refractivity contribution in [2.24, 2.45) is 0 Å². The van der Waals surface area contributed by atoms with E-state index in [1.165, 1.54) is 4.90 Å². The second-order valence-corrected chi connectivity index (χ2v) is 7.87. The van der Waals surface area contributed by atoms with Gasteiger partial charge < -0.3 is 19.4 Å². The summed E-state index contributed by atoms with van der Waals surface area (Å²) in [7, 11) is 1.65. The smallest absolute Gasteiger partial charge is 0.410 e. The predicted octanol–water partition coefficient (Wildman–Crippen LogP) is 3.67. The Hall–Kier alpha value is -3.86. The van der Waals surface area contributed by atoms with Gasteiger partial charge in [-0.25, -0.2) is 9.78 Å². The molecule has 1 fully saturated rings. The summed E-state index contributed by atoms with van der Waals surface area (Å²) in [5, 5.41) is 12.1. The van der Waals surface area contributed by atoms with Crippen molar-refractivity contribution < 1.29 is 18.7 Å². The van der Waals surface area contributed by atoms with Gasteiger partial charge in [0.15, 0.2) is 5.58 Å². The minimum Gasteiger partial charge on any atom is -0.442 e. The quantitative estimate of drug-likeness (QED) is 0.677. The number of carbonyl (C=O) groups excluding carboxylic acids is 2. The summed E-state index contributed by atoms with van der Waals surface area (Å²) in [5.41, 5.74) is 3.99. The lowest BCUT2D eigenvalue weighted by Gasteiger charge is -2.10. The number of hydrogen-bond acceptors (Lipinski definition) is 6. The highest BCUT2D eigenvalue weighted by atomic mass is 16.6. The fourth-order valence-electron chi connectivity index (χ4n) is 3.50. The van der Waals surface area contributed by atoms with Crippen LogP contribution in [0.1, 0.15) is 41.3 Å². The maximum Gasteiger partial charge on any atom is 0.410 e. The molecule has 2 aromatic carbocycles. The molecule has 31 heavy (non-hydrogen) atoms. The van der Waals surface area contributed by atoms with Gasteiger partial charge in [-0.05, 0) is 42.3 Å². The number of carbonyl (C=O) groups is 2. The van der Waals surface area contributed by atoms with Gasteiger partial charge in [-0.2, -0.15) is 5.26 Å². The predicted molar refractivity (Wildman–Crippen MR) is 113 cm³/mol. The number of hydrogen-bond donors (Lipinski definition) is 1. The average Bonchev–Trinajstić information content (AvgIpc) is 3.33. The topological polar surface area (TPSA) is 108 Å². The molecule has 0 aliphatic carbocycles. The number of likely N-dealkylation sites (N-methyl/N-ethyl adjacent to an activating group) is 1. The number of nitriles is 1. The Morgan fingerprint density at radius 1 is 1.32 bits per heavy atom. The van der Waals surface area contributed by atoms with Crippen molar-refractivity contribution in [3.8, 4) is 17.5 Å². The van der Waals surface area contributed by atoms with E-state index in [4.69, 9.17) is 9.15 Å². The number of fused-ring (bicyclic) bond motifs is 1. The fraction of sp³-hybridized carbons (Fsp3) is 0.304. The molecule has 0 spiro atoms. The van der Waals surface area contributed by atoms with Crippen molar-refractivity contribution in [1.82, 2.24) is 15.2 Å². The van der Waals surface area contributed by atoms with Crippen molar-refractivity contribution in [3.05, 3.63) is 53.1 Å². The molecule has 2 amide bonds. The van der Waals surface area contributed by atoms with Crippen LogP contribution in [0.5, 0.6) is 0 Å². The molecule has 1 atom stereocenters. The van der Waals surface area contributed by atoms with Crippen LogP contribution in [0.2, 0.25) is 0 Å². The highest BCUT2D eigenvalue weighted by Gasteiger charge is 2.28. The molecule has 8 heteroatoms. The van der Waals surface area contributed by atoms with Crippen LogP contribution in [-0.2, 0) is 4.74 Å². The highest BCUT2D eigenvalue weighted by Crippen LogP contribution is 2.31. The summed E-state index contributed by atoms with van der Waals surface area (Å²) < 4.78 is 11.1. The lowest BCUT2D eigenvalue weighted by atomic mass is 10.00. The molecule has 0 saturated carbocycles. The van der Waals surface area contributed by atoms with Gasteiger partial charge in [0.1, 0.15) is 11.6 Å². The summed E-state index contributed by atoms with van der Waals surface area (Å²) in [6, 6.07) is 12.6. The van der Waals surface area contributed by atoms with Crippen molar-refractivity contribution in [2.45, 2.75) is 25.9 Å². The third kappa shape index (κ3) is 4.08. The molecule has 158 valence electrons. The lowest BCUT2D eigenvalue weighted by molar-refractivity contribution is 0.0915. The molecule has 0 bridgehead atoms. The molecule has 0 radical (unpaired) electrons. The monoisotopic (exact) mass is 418 g/mol. The molecule has 2 heterocycles. The molecule has 1 N–H and O–H groups in total. The van der Waals surface area contributed by atoms with Crippen LogP contribution >= 0.6 is 0 Å². The van der Waals surface area contributed by atoms with Crippen LogP contribution < -0.4 is 5.32 Å². The number of ether oxygens (including phenoxy) is 1. The molecule has 1 aromatic heterocycles. The average molecular weight is 418 g/mol. The van der Waals surface area contributed by atoms with E-state index in [1.54, 1.807) is 37.4 Å². The summed E-state index contributed by atoms with van der Waals surface area (Å²) in [5.74, 6) is 0.358.